The zero-order valence-electron chi connectivity index (χ0n) is 15.7. The highest BCUT2D eigenvalue weighted by Crippen LogP contribution is 2.29. The van der Waals surface area contributed by atoms with Gasteiger partial charge in [0.2, 0.25) is 10.0 Å². The number of carboxylic acids is 1. The molecule has 1 atom stereocenters. The summed E-state index contributed by atoms with van der Waals surface area (Å²) in [4.78, 5) is 23.1. The van der Waals surface area contributed by atoms with Gasteiger partial charge in [0.05, 0.1) is 16.4 Å². The van der Waals surface area contributed by atoms with E-state index in [0.717, 1.165) is 6.07 Å². The molecule has 0 aromatic heterocycles. The maximum Gasteiger partial charge on any atom is 0.317 e. The smallest absolute Gasteiger partial charge is 0.317 e. The molecule has 0 aliphatic carbocycles. The van der Waals surface area contributed by atoms with Crippen LogP contribution in [-0.2, 0) is 14.8 Å². The summed E-state index contributed by atoms with van der Waals surface area (Å²) >= 11 is 0. The molecule has 1 saturated heterocycles. The first-order valence-corrected chi connectivity index (χ1v) is 10.2. The Bertz CT molecular complexity index is 839. The van der Waals surface area contributed by atoms with Gasteiger partial charge in [0.25, 0.3) is 5.69 Å². The summed E-state index contributed by atoms with van der Waals surface area (Å²) in [5.74, 6) is -0.922. The highest BCUT2D eigenvalue weighted by atomic mass is 32.2. The van der Waals surface area contributed by atoms with E-state index in [-0.39, 0.29) is 29.7 Å². The Balaban J connectivity index is 2.27. The number of rotatable bonds is 6. The molecule has 1 fully saturated rings. The van der Waals surface area contributed by atoms with Crippen LogP contribution < -0.4 is 0 Å². The standard InChI is InChI=1S/C17H25N3O6S/c1-12-9-15(20(23)24)10-16(13(12)2)27(25,26)19-7-4-5-14(6-8-19)18(3)11-17(21)22/h9-10,14H,4-8,11H2,1-3H3,(H,21,22). The molecule has 150 valence electrons. The van der Waals surface area contributed by atoms with Gasteiger partial charge in [-0.1, -0.05) is 0 Å². The molecule has 1 aromatic carbocycles. The van der Waals surface area contributed by atoms with Crippen LogP contribution in [0, 0.1) is 24.0 Å². The summed E-state index contributed by atoms with van der Waals surface area (Å²) < 4.78 is 27.6. The fraction of sp³-hybridized carbons (Fsp3) is 0.588. The second kappa shape index (κ2) is 8.32. The molecule has 1 aliphatic rings. The number of sulfonamides is 1. The zero-order valence-corrected chi connectivity index (χ0v) is 16.5. The number of hydrogen-bond acceptors (Lipinski definition) is 6. The molecule has 0 bridgehead atoms. The Morgan fingerprint density at radius 2 is 2.00 bits per heavy atom. The first-order chi connectivity index (χ1) is 12.5. The van der Waals surface area contributed by atoms with Crippen molar-refractivity contribution >= 4 is 21.7 Å². The Labute approximate surface area is 158 Å². The lowest BCUT2D eigenvalue weighted by Gasteiger charge is -2.25. The number of aliphatic carboxylic acids is 1. The molecule has 0 spiro atoms. The molecule has 0 saturated carbocycles. The zero-order chi connectivity index (χ0) is 20.4. The van der Waals surface area contributed by atoms with Crippen LogP contribution in [0.25, 0.3) is 0 Å². The largest absolute Gasteiger partial charge is 0.480 e. The number of aryl methyl sites for hydroxylation is 1. The van der Waals surface area contributed by atoms with Crippen LogP contribution in [-0.4, -0.2) is 66.3 Å². The van der Waals surface area contributed by atoms with Gasteiger partial charge >= 0.3 is 5.97 Å². The predicted molar refractivity (Wildman–Crippen MR) is 99.2 cm³/mol. The monoisotopic (exact) mass is 399 g/mol. The Morgan fingerprint density at radius 3 is 2.59 bits per heavy atom. The lowest BCUT2D eigenvalue weighted by atomic mass is 10.1. The Morgan fingerprint density at radius 1 is 1.33 bits per heavy atom. The van der Waals surface area contributed by atoms with Gasteiger partial charge in [-0.15, -0.1) is 0 Å². The molecular weight excluding hydrogens is 374 g/mol. The summed E-state index contributed by atoms with van der Waals surface area (Å²) in [6, 6.07) is 2.47. The SMILES string of the molecule is Cc1cc([N+](=O)[O-])cc(S(=O)(=O)N2CCCC(N(C)CC(=O)O)CC2)c1C. The van der Waals surface area contributed by atoms with Gasteiger partial charge < -0.3 is 5.11 Å². The van der Waals surface area contributed by atoms with Crippen molar-refractivity contribution in [1.82, 2.24) is 9.21 Å². The summed E-state index contributed by atoms with van der Waals surface area (Å²) in [6.45, 7) is 3.76. The molecule has 0 amide bonds. The molecule has 1 N–H and O–H groups in total. The summed E-state index contributed by atoms with van der Waals surface area (Å²) in [7, 11) is -2.15. The topological polar surface area (TPSA) is 121 Å². The van der Waals surface area contributed by atoms with Crippen LogP contribution in [0.5, 0.6) is 0 Å². The molecule has 10 heteroatoms. The second-order valence-electron chi connectivity index (χ2n) is 6.94. The molecule has 1 unspecified atom stereocenters. The van der Waals surface area contributed by atoms with E-state index >= 15 is 0 Å². The van der Waals surface area contributed by atoms with E-state index in [4.69, 9.17) is 5.11 Å². The van der Waals surface area contributed by atoms with Crippen molar-refractivity contribution in [2.75, 3.05) is 26.7 Å². The molecule has 1 aliphatic heterocycles. The summed E-state index contributed by atoms with van der Waals surface area (Å²) in [5, 5.41) is 20.1. The number of nitro benzene ring substituents is 1. The Kier molecular flexibility index (Phi) is 6.55. The van der Waals surface area contributed by atoms with Gasteiger partial charge in [-0.25, -0.2) is 8.42 Å². The molecule has 0 radical (unpaired) electrons. The van der Waals surface area contributed by atoms with E-state index in [1.165, 1.54) is 10.4 Å². The molecule has 27 heavy (non-hydrogen) atoms. The number of carboxylic acid groups (broad SMARTS) is 1. The van der Waals surface area contributed by atoms with Gasteiger partial charge in [-0.2, -0.15) is 4.31 Å². The quantitative estimate of drug-likeness (QED) is 0.571. The van der Waals surface area contributed by atoms with Crippen molar-refractivity contribution in [3.63, 3.8) is 0 Å². The van der Waals surface area contributed by atoms with Crippen molar-refractivity contribution < 1.29 is 23.2 Å². The maximum atomic E-state index is 13.1. The maximum absolute atomic E-state index is 13.1. The fourth-order valence-corrected chi connectivity index (χ4v) is 5.21. The van der Waals surface area contributed by atoms with Crippen molar-refractivity contribution in [2.45, 2.75) is 44.0 Å². The van der Waals surface area contributed by atoms with E-state index in [9.17, 15) is 23.3 Å². The van der Waals surface area contributed by atoms with Crippen LogP contribution in [0.15, 0.2) is 17.0 Å². The number of hydrogen-bond donors (Lipinski definition) is 1. The van der Waals surface area contributed by atoms with Gasteiger partial charge in [-0.3, -0.25) is 19.8 Å². The van der Waals surface area contributed by atoms with Gasteiger partial charge in [0, 0.05) is 31.3 Å². The van der Waals surface area contributed by atoms with E-state index in [2.05, 4.69) is 0 Å². The first-order valence-electron chi connectivity index (χ1n) is 8.72. The van der Waals surface area contributed by atoms with Crippen molar-refractivity contribution in [3.05, 3.63) is 33.4 Å². The predicted octanol–water partition coefficient (Wildman–Crippen LogP) is 1.77. The van der Waals surface area contributed by atoms with E-state index in [1.807, 2.05) is 0 Å². The lowest BCUT2D eigenvalue weighted by Crippen LogP contribution is -2.37. The van der Waals surface area contributed by atoms with Crippen molar-refractivity contribution in [2.24, 2.45) is 0 Å². The Hall–Kier alpha value is -2.04. The average molecular weight is 399 g/mol. The molecule has 9 nitrogen and oxygen atoms in total. The molecule has 1 heterocycles. The summed E-state index contributed by atoms with van der Waals surface area (Å²) in [6.07, 6.45) is 1.81. The van der Waals surface area contributed by atoms with Gasteiger partial charge in [0.15, 0.2) is 0 Å². The normalized spacial score (nSPS) is 19.0. The van der Waals surface area contributed by atoms with E-state index in [1.54, 1.807) is 25.8 Å². The number of carbonyl (C=O) groups is 1. The van der Waals surface area contributed by atoms with Gasteiger partial charge in [-0.05, 0) is 51.3 Å². The highest BCUT2D eigenvalue weighted by Gasteiger charge is 2.31. The summed E-state index contributed by atoms with van der Waals surface area (Å²) in [5.41, 5.74) is 0.812. The van der Waals surface area contributed by atoms with Crippen molar-refractivity contribution in [1.29, 1.82) is 0 Å². The lowest BCUT2D eigenvalue weighted by molar-refractivity contribution is -0.385. The third-order valence-corrected chi connectivity index (χ3v) is 7.12. The van der Waals surface area contributed by atoms with E-state index < -0.39 is 20.9 Å². The van der Waals surface area contributed by atoms with Crippen LogP contribution in [0.3, 0.4) is 0 Å². The van der Waals surface area contributed by atoms with E-state index in [0.29, 0.717) is 36.9 Å². The van der Waals surface area contributed by atoms with Gasteiger partial charge in [0.1, 0.15) is 0 Å². The first kappa shape index (κ1) is 21.3. The number of nitro groups is 1. The number of non-ortho nitro benzene ring substituents is 1. The number of benzene rings is 1. The number of nitrogens with zero attached hydrogens (tertiary/aromatic N) is 3. The minimum Gasteiger partial charge on any atom is -0.480 e. The third kappa shape index (κ3) is 4.82. The minimum atomic E-state index is -3.87. The minimum absolute atomic E-state index is 0.0192. The fourth-order valence-electron chi connectivity index (χ4n) is 3.40. The average Bonchev–Trinajstić information content (AvgIpc) is 2.82. The highest BCUT2D eigenvalue weighted by molar-refractivity contribution is 7.89. The molecule has 2 rings (SSSR count). The molecular formula is C17H25N3O6S. The number of likely N-dealkylation sites (N-methyl/N-ethyl adjacent to an activating group) is 1. The van der Waals surface area contributed by atoms with Crippen LogP contribution in [0.4, 0.5) is 5.69 Å². The van der Waals surface area contributed by atoms with Crippen molar-refractivity contribution in [3.8, 4) is 0 Å². The van der Waals surface area contributed by atoms with Crippen LogP contribution >= 0.6 is 0 Å². The second-order valence-corrected chi connectivity index (χ2v) is 8.85. The molecule has 1 aromatic rings. The van der Waals surface area contributed by atoms with Crippen LogP contribution in [0.1, 0.15) is 30.4 Å². The van der Waals surface area contributed by atoms with Crippen LogP contribution in [0.2, 0.25) is 0 Å². The third-order valence-electron chi connectivity index (χ3n) is 5.10.